The third-order valence-corrected chi connectivity index (χ3v) is 4.30. The van der Waals surface area contributed by atoms with Gasteiger partial charge in [0.05, 0.1) is 6.42 Å². The van der Waals surface area contributed by atoms with Crippen LogP contribution in [0.1, 0.15) is 29.5 Å². The van der Waals surface area contributed by atoms with Crippen LogP contribution in [0.15, 0.2) is 42.5 Å². The van der Waals surface area contributed by atoms with E-state index in [1.807, 2.05) is 6.07 Å². The summed E-state index contributed by atoms with van der Waals surface area (Å²) in [5.74, 6) is -0.0459. The van der Waals surface area contributed by atoms with Crippen LogP contribution in [0.3, 0.4) is 0 Å². The predicted molar refractivity (Wildman–Crippen MR) is 96.5 cm³/mol. The van der Waals surface area contributed by atoms with Gasteiger partial charge in [-0.3, -0.25) is 9.59 Å². The SMILES string of the molecule is NC(=O)COc1ccc(NC(=O)Cc2ccc3c(c2)CCCC3)cc1. The predicted octanol–water partition coefficient (Wildman–Crippen LogP) is 2.61. The van der Waals surface area contributed by atoms with Gasteiger partial charge in [-0.1, -0.05) is 18.2 Å². The number of nitrogens with two attached hydrogens (primary N) is 1. The van der Waals surface area contributed by atoms with Crippen LogP contribution in [0, 0.1) is 0 Å². The molecule has 0 aromatic heterocycles. The zero-order chi connectivity index (χ0) is 17.6. The molecule has 1 aliphatic rings. The molecule has 5 nitrogen and oxygen atoms in total. The van der Waals surface area contributed by atoms with Gasteiger partial charge in [-0.15, -0.1) is 0 Å². The van der Waals surface area contributed by atoms with Gasteiger partial charge in [-0.2, -0.15) is 0 Å². The number of hydrogen-bond acceptors (Lipinski definition) is 3. The minimum atomic E-state index is -0.526. The molecule has 25 heavy (non-hydrogen) atoms. The van der Waals surface area contributed by atoms with Crippen LogP contribution in [0.25, 0.3) is 0 Å². The lowest BCUT2D eigenvalue weighted by Crippen LogP contribution is -2.20. The average molecular weight is 338 g/mol. The van der Waals surface area contributed by atoms with Crippen LogP contribution in [-0.4, -0.2) is 18.4 Å². The zero-order valence-corrected chi connectivity index (χ0v) is 14.1. The molecular formula is C20H22N2O3. The molecule has 0 spiro atoms. The Labute approximate surface area is 147 Å². The van der Waals surface area contributed by atoms with Crippen LogP contribution < -0.4 is 15.8 Å². The fraction of sp³-hybridized carbons (Fsp3) is 0.300. The minimum absolute atomic E-state index is 0.0541. The highest BCUT2D eigenvalue weighted by atomic mass is 16.5. The van der Waals surface area contributed by atoms with E-state index in [1.165, 1.54) is 24.0 Å². The van der Waals surface area contributed by atoms with Crippen LogP contribution >= 0.6 is 0 Å². The number of anilines is 1. The molecule has 0 saturated heterocycles. The van der Waals surface area contributed by atoms with Crippen molar-refractivity contribution in [1.82, 2.24) is 0 Å². The standard InChI is InChI=1S/C20H22N2O3/c21-19(23)13-25-18-9-7-17(8-10-18)22-20(24)12-14-5-6-15-3-1-2-4-16(15)11-14/h5-11H,1-4,12-13H2,(H2,21,23)(H,22,24). The van der Waals surface area contributed by atoms with Gasteiger partial charge in [0.1, 0.15) is 5.75 Å². The maximum absolute atomic E-state index is 12.2. The first-order valence-corrected chi connectivity index (χ1v) is 8.52. The minimum Gasteiger partial charge on any atom is -0.484 e. The van der Waals surface area contributed by atoms with E-state index in [1.54, 1.807) is 24.3 Å². The maximum Gasteiger partial charge on any atom is 0.255 e. The lowest BCUT2D eigenvalue weighted by atomic mass is 9.90. The van der Waals surface area contributed by atoms with Crippen molar-refractivity contribution in [3.8, 4) is 5.75 Å². The van der Waals surface area contributed by atoms with Gasteiger partial charge in [0.15, 0.2) is 6.61 Å². The molecule has 0 atom stereocenters. The molecule has 0 aliphatic heterocycles. The Morgan fingerprint density at radius 3 is 2.44 bits per heavy atom. The number of hydrogen-bond donors (Lipinski definition) is 2. The molecule has 130 valence electrons. The molecule has 0 heterocycles. The van der Waals surface area contributed by atoms with E-state index >= 15 is 0 Å². The summed E-state index contributed by atoms with van der Waals surface area (Å²) in [4.78, 5) is 22.9. The molecule has 0 bridgehead atoms. The van der Waals surface area contributed by atoms with E-state index in [-0.39, 0.29) is 12.5 Å². The van der Waals surface area contributed by atoms with Crippen molar-refractivity contribution in [1.29, 1.82) is 0 Å². The molecule has 2 aromatic rings. The van der Waals surface area contributed by atoms with Crippen molar-refractivity contribution in [3.05, 3.63) is 59.2 Å². The molecule has 3 N–H and O–H groups in total. The van der Waals surface area contributed by atoms with Crippen LogP contribution in [0.5, 0.6) is 5.75 Å². The second-order valence-corrected chi connectivity index (χ2v) is 6.31. The summed E-state index contributed by atoms with van der Waals surface area (Å²) in [5.41, 5.74) is 9.56. The number of benzene rings is 2. The monoisotopic (exact) mass is 338 g/mol. The van der Waals surface area contributed by atoms with E-state index in [0.717, 1.165) is 18.4 Å². The van der Waals surface area contributed by atoms with E-state index in [4.69, 9.17) is 10.5 Å². The molecule has 1 aliphatic carbocycles. The largest absolute Gasteiger partial charge is 0.484 e. The second-order valence-electron chi connectivity index (χ2n) is 6.31. The van der Waals surface area contributed by atoms with Crippen LogP contribution in [0.2, 0.25) is 0 Å². The Balaban J connectivity index is 1.56. The van der Waals surface area contributed by atoms with Gasteiger partial charge in [0.2, 0.25) is 5.91 Å². The molecule has 2 aromatic carbocycles. The summed E-state index contributed by atoms with van der Waals surface area (Å²) < 4.78 is 5.19. The number of fused-ring (bicyclic) bond motifs is 1. The van der Waals surface area contributed by atoms with Crippen molar-refractivity contribution < 1.29 is 14.3 Å². The quantitative estimate of drug-likeness (QED) is 0.849. The van der Waals surface area contributed by atoms with Gasteiger partial charge in [0, 0.05) is 5.69 Å². The second kappa shape index (κ2) is 7.83. The first-order chi connectivity index (χ1) is 12.1. The maximum atomic E-state index is 12.2. The molecule has 0 unspecified atom stereocenters. The number of rotatable bonds is 6. The Bertz CT molecular complexity index is 769. The summed E-state index contributed by atoms with van der Waals surface area (Å²) in [6.07, 6.45) is 5.09. The molecular weight excluding hydrogens is 316 g/mol. The number of amides is 2. The molecule has 0 fully saturated rings. The van der Waals surface area contributed by atoms with Crippen molar-refractivity contribution in [2.45, 2.75) is 32.1 Å². The summed E-state index contributed by atoms with van der Waals surface area (Å²) in [7, 11) is 0. The fourth-order valence-electron chi connectivity index (χ4n) is 3.08. The smallest absolute Gasteiger partial charge is 0.255 e. The van der Waals surface area contributed by atoms with Crippen LogP contribution in [0.4, 0.5) is 5.69 Å². The lowest BCUT2D eigenvalue weighted by Gasteiger charge is -2.16. The Kier molecular flexibility index (Phi) is 5.33. The van der Waals surface area contributed by atoms with E-state index in [0.29, 0.717) is 17.9 Å². The number of carbonyl (C=O) groups excluding carboxylic acids is 2. The van der Waals surface area contributed by atoms with Gasteiger partial charge in [-0.05, 0) is 66.6 Å². The van der Waals surface area contributed by atoms with Crippen molar-refractivity contribution in [3.63, 3.8) is 0 Å². The topological polar surface area (TPSA) is 81.4 Å². The van der Waals surface area contributed by atoms with Gasteiger partial charge < -0.3 is 15.8 Å². The molecule has 0 radical (unpaired) electrons. The van der Waals surface area contributed by atoms with E-state index < -0.39 is 5.91 Å². The molecule has 0 saturated carbocycles. The third kappa shape index (κ3) is 4.83. The number of primary amides is 1. The summed E-state index contributed by atoms with van der Waals surface area (Å²) in [6, 6.07) is 13.2. The summed E-state index contributed by atoms with van der Waals surface area (Å²) in [5, 5.41) is 2.88. The Morgan fingerprint density at radius 2 is 1.72 bits per heavy atom. The summed E-state index contributed by atoms with van der Waals surface area (Å²) in [6.45, 7) is -0.163. The highest BCUT2D eigenvalue weighted by Crippen LogP contribution is 2.22. The lowest BCUT2D eigenvalue weighted by molar-refractivity contribution is -0.120. The molecule has 5 heteroatoms. The molecule has 3 rings (SSSR count). The average Bonchev–Trinajstić information content (AvgIpc) is 2.61. The highest BCUT2D eigenvalue weighted by Gasteiger charge is 2.11. The first-order valence-electron chi connectivity index (χ1n) is 8.52. The molecule has 2 amide bonds. The number of nitrogens with one attached hydrogen (secondary N) is 1. The third-order valence-electron chi connectivity index (χ3n) is 4.30. The van der Waals surface area contributed by atoms with Crippen molar-refractivity contribution in [2.75, 3.05) is 11.9 Å². The van der Waals surface area contributed by atoms with Gasteiger partial charge in [-0.25, -0.2) is 0 Å². The Hall–Kier alpha value is -2.82. The van der Waals surface area contributed by atoms with Crippen molar-refractivity contribution >= 4 is 17.5 Å². The van der Waals surface area contributed by atoms with E-state index in [2.05, 4.69) is 17.4 Å². The number of aryl methyl sites for hydroxylation is 2. The highest BCUT2D eigenvalue weighted by molar-refractivity contribution is 5.92. The number of carbonyl (C=O) groups is 2. The van der Waals surface area contributed by atoms with Gasteiger partial charge >= 0.3 is 0 Å². The van der Waals surface area contributed by atoms with E-state index in [9.17, 15) is 9.59 Å². The fourth-order valence-corrected chi connectivity index (χ4v) is 3.08. The normalized spacial score (nSPS) is 13.0. The first kappa shape index (κ1) is 17.0. The zero-order valence-electron chi connectivity index (χ0n) is 14.1. The van der Waals surface area contributed by atoms with Crippen LogP contribution in [-0.2, 0) is 28.9 Å². The number of ether oxygens (including phenoxy) is 1. The van der Waals surface area contributed by atoms with Gasteiger partial charge in [0.25, 0.3) is 5.91 Å². The Morgan fingerprint density at radius 1 is 1.00 bits per heavy atom. The van der Waals surface area contributed by atoms with Crippen molar-refractivity contribution in [2.24, 2.45) is 5.73 Å². The summed E-state index contributed by atoms with van der Waals surface area (Å²) >= 11 is 0.